The molecule has 2 atom stereocenters. The predicted molar refractivity (Wildman–Crippen MR) is 202 cm³/mol. The van der Waals surface area contributed by atoms with E-state index in [-0.39, 0.29) is 5.91 Å². The van der Waals surface area contributed by atoms with E-state index >= 15 is 0 Å². The fraction of sp³-hybridized carbons (Fsp3) is 0.238. The predicted octanol–water partition coefficient (Wildman–Crippen LogP) is 6.78. The van der Waals surface area contributed by atoms with Crippen LogP contribution in [0.4, 0.5) is 11.4 Å². The maximum atomic E-state index is 14.1. The Morgan fingerprint density at radius 1 is 0.654 bits per heavy atom. The van der Waals surface area contributed by atoms with Crippen molar-refractivity contribution in [2.24, 2.45) is 11.7 Å². The molecule has 2 unspecified atom stereocenters. The monoisotopic (exact) mass is 694 g/mol. The molecule has 3 aliphatic rings. The molecule has 5 aromatic carbocycles. The lowest BCUT2D eigenvalue weighted by atomic mass is 9.70. The van der Waals surface area contributed by atoms with Crippen LogP contribution in [-0.2, 0) is 11.1 Å². The summed E-state index contributed by atoms with van der Waals surface area (Å²) in [5.41, 5.74) is 7.75. The molecule has 5 N–H and O–H groups in total. The first-order valence-corrected chi connectivity index (χ1v) is 17.9. The van der Waals surface area contributed by atoms with Crippen LogP contribution in [0.15, 0.2) is 97.1 Å². The SMILES string of the molecule is CCN(CC)c1ccc2c(c1)Oc1cc3c(cc1C2(NN)c1ccccc1C=O)C1(c2ccc(N(CC)CC)cc2O3)c2ccccc2C(=O)N1N. The molecule has 8 rings (SSSR count). The van der Waals surface area contributed by atoms with Gasteiger partial charge in [0, 0.05) is 94.7 Å². The molecule has 5 aromatic rings. The Bertz CT molecular complexity index is 2250. The van der Waals surface area contributed by atoms with E-state index in [0.717, 1.165) is 60.5 Å². The van der Waals surface area contributed by atoms with Crippen LogP contribution in [0.2, 0.25) is 0 Å². The third-order valence-electron chi connectivity index (χ3n) is 11.1. The number of hydrogen-bond donors (Lipinski definition) is 3. The number of nitrogens with zero attached hydrogens (tertiary/aromatic N) is 3. The van der Waals surface area contributed by atoms with Gasteiger partial charge in [0.2, 0.25) is 0 Å². The van der Waals surface area contributed by atoms with E-state index in [2.05, 4.69) is 55.1 Å². The summed E-state index contributed by atoms with van der Waals surface area (Å²) in [7, 11) is 0. The van der Waals surface area contributed by atoms with Crippen LogP contribution in [0.3, 0.4) is 0 Å². The van der Waals surface area contributed by atoms with Crippen molar-refractivity contribution in [2.45, 2.75) is 38.8 Å². The van der Waals surface area contributed by atoms with Crippen molar-refractivity contribution in [1.29, 1.82) is 0 Å². The Hall–Kier alpha value is -5.68. The second kappa shape index (κ2) is 12.5. The highest BCUT2D eigenvalue weighted by Gasteiger charge is 2.57. The maximum absolute atomic E-state index is 14.1. The summed E-state index contributed by atoms with van der Waals surface area (Å²) in [6.45, 7) is 11.7. The first-order valence-electron chi connectivity index (χ1n) is 17.9. The highest BCUT2D eigenvalue weighted by atomic mass is 16.5. The number of benzene rings is 5. The third-order valence-corrected chi connectivity index (χ3v) is 11.1. The summed E-state index contributed by atoms with van der Waals surface area (Å²) in [5, 5.41) is 1.33. The van der Waals surface area contributed by atoms with Crippen LogP contribution in [0.1, 0.15) is 81.8 Å². The minimum atomic E-state index is -1.26. The number of carbonyl (C=O) groups excluding carboxylic acids is 2. The average molecular weight is 695 g/mol. The maximum Gasteiger partial charge on any atom is 0.269 e. The minimum absolute atomic E-state index is 0.306. The van der Waals surface area contributed by atoms with Gasteiger partial charge in [-0.05, 0) is 57.5 Å². The molecule has 264 valence electrons. The number of hydrazine groups is 2. The molecule has 0 saturated heterocycles. The Morgan fingerprint density at radius 2 is 1.19 bits per heavy atom. The van der Waals surface area contributed by atoms with Crippen molar-refractivity contribution < 1.29 is 19.1 Å². The number of amides is 1. The molecule has 1 amide bonds. The first-order chi connectivity index (χ1) is 25.3. The van der Waals surface area contributed by atoms with Gasteiger partial charge in [0.25, 0.3) is 5.91 Å². The quantitative estimate of drug-likeness (QED) is 0.0663. The lowest BCUT2D eigenvalue weighted by Crippen LogP contribution is -2.53. The van der Waals surface area contributed by atoms with E-state index < -0.39 is 11.1 Å². The van der Waals surface area contributed by atoms with Crippen molar-refractivity contribution in [2.75, 3.05) is 36.0 Å². The highest BCUT2D eigenvalue weighted by Crippen LogP contribution is 2.60. The van der Waals surface area contributed by atoms with Crippen LogP contribution in [0, 0.1) is 0 Å². The number of aldehydes is 1. The van der Waals surface area contributed by atoms with E-state index in [0.29, 0.717) is 50.8 Å². The smallest absolute Gasteiger partial charge is 0.269 e. The zero-order valence-electron chi connectivity index (χ0n) is 29.8. The molecule has 0 aliphatic carbocycles. The molecule has 10 nitrogen and oxygen atoms in total. The van der Waals surface area contributed by atoms with Crippen LogP contribution in [-0.4, -0.2) is 43.4 Å². The molecule has 0 saturated carbocycles. The summed E-state index contributed by atoms with van der Waals surface area (Å²) in [6, 6.07) is 30.9. The van der Waals surface area contributed by atoms with Crippen molar-refractivity contribution in [3.8, 4) is 23.0 Å². The third kappa shape index (κ3) is 4.41. The summed E-state index contributed by atoms with van der Waals surface area (Å²) >= 11 is 0. The van der Waals surface area contributed by atoms with Crippen molar-refractivity contribution in [3.63, 3.8) is 0 Å². The molecule has 1 spiro atoms. The van der Waals surface area contributed by atoms with Crippen LogP contribution >= 0.6 is 0 Å². The number of nitrogens with two attached hydrogens (primary N) is 2. The number of rotatable bonds is 9. The topological polar surface area (TPSA) is 126 Å². The molecule has 0 bridgehead atoms. The summed E-state index contributed by atoms with van der Waals surface area (Å²) < 4.78 is 13.6. The van der Waals surface area contributed by atoms with Gasteiger partial charge in [-0.2, -0.15) is 0 Å². The Morgan fingerprint density at radius 3 is 1.81 bits per heavy atom. The van der Waals surface area contributed by atoms with Crippen molar-refractivity contribution in [3.05, 3.63) is 142 Å². The fourth-order valence-corrected chi connectivity index (χ4v) is 8.61. The van der Waals surface area contributed by atoms with Gasteiger partial charge in [0.1, 0.15) is 40.4 Å². The fourth-order valence-electron chi connectivity index (χ4n) is 8.61. The lowest BCUT2D eigenvalue weighted by Gasteiger charge is -2.45. The second-order valence-electron chi connectivity index (χ2n) is 13.3. The van der Waals surface area contributed by atoms with E-state index in [4.69, 9.17) is 21.2 Å². The second-order valence-corrected chi connectivity index (χ2v) is 13.3. The number of carbonyl (C=O) groups is 2. The van der Waals surface area contributed by atoms with Gasteiger partial charge in [-0.15, -0.1) is 0 Å². The zero-order valence-corrected chi connectivity index (χ0v) is 29.8. The highest BCUT2D eigenvalue weighted by molar-refractivity contribution is 6.02. The number of nitrogens with one attached hydrogen (secondary N) is 1. The van der Waals surface area contributed by atoms with Gasteiger partial charge in [-0.25, -0.2) is 11.3 Å². The lowest BCUT2D eigenvalue weighted by molar-refractivity contribution is 0.0665. The summed E-state index contributed by atoms with van der Waals surface area (Å²) in [4.78, 5) is 31.3. The molecular weight excluding hydrogens is 653 g/mol. The van der Waals surface area contributed by atoms with E-state index in [1.165, 1.54) is 5.01 Å². The zero-order chi connectivity index (χ0) is 36.4. The van der Waals surface area contributed by atoms with Gasteiger partial charge in [0.15, 0.2) is 0 Å². The van der Waals surface area contributed by atoms with Gasteiger partial charge in [-0.3, -0.25) is 20.4 Å². The number of ether oxygens (including phenoxy) is 2. The summed E-state index contributed by atoms with van der Waals surface area (Å²) in [5.74, 6) is 15.6. The van der Waals surface area contributed by atoms with Gasteiger partial charge in [0.05, 0.1) is 0 Å². The molecule has 0 aromatic heterocycles. The molecule has 3 aliphatic heterocycles. The Kier molecular flexibility index (Phi) is 8.06. The van der Waals surface area contributed by atoms with Gasteiger partial charge < -0.3 is 19.3 Å². The standard InChI is InChI=1S/C42H42N6O4/c1-5-46(6-2)27-17-19-32-36(21-27)51-38-24-39-35(23-34(38)41(32,45-43)30-15-11-9-13-26(30)25-49)42(31-16-12-10-14-29(31)40(50)48(42)44)33-20-18-28(22-37(33)52-39)47(7-3)8-4/h9-25,45H,5-8,43-44H2,1-4H3. The van der Waals surface area contributed by atoms with E-state index in [1.807, 2.05) is 78.9 Å². The average Bonchev–Trinajstić information content (AvgIpc) is 3.40. The molecule has 52 heavy (non-hydrogen) atoms. The summed E-state index contributed by atoms with van der Waals surface area (Å²) in [6.07, 6.45) is 0.841. The minimum Gasteiger partial charge on any atom is -0.456 e. The molecule has 10 heteroatoms. The van der Waals surface area contributed by atoms with Crippen LogP contribution in [0.5, 0.6) is 23.0 Å². The van der Waals surface area contributed by atoms with Crippen LogP contribution in [0.25, 0.3) is 0 Å². The Balaban J connectivity index is 1.46. The number of hydrogen-bond acceptors (Lipinski definition) is 9. The molecular formula is C42H42N6O4. The van der Waals surface area contributed by atoms with Crippen molar-refractivity contribution in [1.82, 2.24) is 10.4 Å². The molecule has 3 heterocycles. The first kappa shape index (κ1) is 33.5. The molecule has 0 fully saturated rings. The van der Waals surface area contributed by atoms with E-state index in [1.54, 1.807) is 6.07 Å². The van der Waals surface area contributed by atoms with Gasteiger partial charge >= 0.3 is 0 Å². The number of fused-ring (bicyclic) bond motifs is 8. The van der Waals surface area contributed by atoms with Gasteiger partial charge in [-0.1, -0.05) is 54.6 Å². The number of anilines is 2. The Labute approximate surface area is 303 Å². The van der Waals surface area contributed by atoms with Crippen molar-refractivity contribution >= 4 is 23.6 Å². The van der Waals surface area contributed by atoms with Crippen LogP contribution < -0.4 is 36.4 Å². The van der Waals surface area contributed by atoms with E-state index in [9.17, 15) is 9.59 Å². The largest absolute Gasteiger partial charge is 0.456 e. The normalized spacial score (nSPS) is 19.1. The molecule has 0 radical (unpaired) electrons.